The first kappa shape index (κ1) is 20.5. The minimum Gasteiger partial charge on any atom is -0.348 e. The molecule has 2 N–H and O–H groups in total. The van der Waals surface area contributed by atoms with E-state index in [1.165, 1.54) is 0 Å². The lowest BCUT2D eigenvalue weighted by atomic mass is 10.1. The zero-order chi connectivity index (χ0) is 22.7. The van der Waals surface area contributed by atoms with Crippen LogP contribution in [-0.2, 0) is 0 Å². The van der Waals surface area contributed by atoms with E-state index in [9.17, 15) is 4.79 Å². The topological polar surface area (TPSA) is 79.3 Å². The summed E-state index contributed by atoms with van der Waals surface area (Å²) in [6.07, 6.45) is 3.38. The number of aromatic nitrogens is 2. The van der Waals surface area contributed by atoms with Gasteiger partial charge >= 0.3 is 0 Å². The number of para-hydroxylation sites is 2. The van der Waals surface area contributed by atoms with Gasteiger partial charge in [0.2, 0.25) is 12.3 Å². The van der Waals surface area contributed by atoms with Crippen molar-refractivity contribution in [1.29, 1.82) is 0 Å². The number of carbonyl (C=O) groups is 1. The largest absolute Gasteiger partial charge is 0.348 e. The van der Waals surface area contributed by atoms with Crippen LogP contribution in [0.5, 0.6) is 0 Å². The average molecular weight is 436 g/mol. The molecule has 0 fully saturated rings. The van der Waals surface area contributed by atoms with E-state index in [0.29, 0.717) is 17.3 Å². The standard InChI is InChI=1S/C26H22N6O/c1-19(20-10-4-2-5-11-20)29-26-27-17-16-24(30-26)32(18-28-22-14-8-9-15-23(22)32)31-25(33)21-12-6-3-7-13-21/h2-19H,1H3,(H-,27,29,30,31,33)/p+1. The zero-order valence-electron chi connectivity index (χ0n) is 18.1. The summed E-state index contributed by atoms with van der Waals surface area (Å²) in [5.74, 6) is 0.809. The van der Waals surface area contributed by atoms with Gasteiger partial charge in [-0.25, -0.2) is 4.98 Å². The highest BCUT2D eigenvalue weighted by Crippen LogP contribution is 2.41. The summed E-state index contributed by atoms with van der Waals surface area (Å²) in [5, 5.41) is 3.36. The summed E-state index contributed by atoms with van der Waals surface area (Å²) < 4.78 is -0.138. The van der Waals surface area contributed by atoms with Gasteiger partial charge < -0.3 is 5.32 Å². The van der Waals surface area contributed by atoms with Crippen LogP contribution in [0, 0.1) is 0 Å². The normalized spacial score (nSPS) is 17.2. The fourth-order valence-electron chi connectivity index (χ4n) is 3.86. The summed E-state index contributed by atoms with van der Waals surface area (Å²) >= 11 is 0. The molecule has 2 unspecified atom stereocenters. The van der Waals surface area contributed by atoms with E-state index in [-0.39, 0.29) is 16.5 Å². The van der Waals surface area contributed by atoms with Gasteiger partial charge in [-0.05, 0) is 30.7 Å². The number of quaternary nitrogens is 1. The van der Waals surface area contributed by atoms with Crippen molar-refractivity contribution in [2.45, 2.75) is 13.0 Å². The number of hydrogen-bond donors (Lipinski definition) is 2. The van der Waals surface area contributed by atoms with Gasteiger partial charge in [-0.1, -0.05) is 65.3 Å². The predicted molar refractivity (Wildman–Crippen MR) is 130 cm³/mol. The first-order valence-electron chi connectivity index (χ1n) is 10.7. The van der Waals surface area contributed by atoms with E-state index < -0.39 is 0 Å². The smallest absolute Gasteiger partial charge is 0.297 e. The molecule has 0 saturated carbocycles. The highest BCUT2D eigenvalue weighted by atomic mass is 16.2. The Morgan fingerprint density at radius 2 is 1.58 bits per heavy atom. The zero-order valence-corrected chi connectivity index (χ0v) is 18.1. The first-order valence-corrected chi connectivity index (χ1v) is 10.7. The van der Waals surface area contributed by atoms with Crippen molar-refractivity contribution >= 4 is 35.4 Å². The second kappa shape index (κ2) is 8.64. The molecule has 3 aromatic carbocycles. The Labute approximate surface area is 192 Å². The third-order valence-corrected chi connectivity index (χ3v) is 5.59. The summed E-state index contributed by atoms with van der Waals surface area (Å²) in [7, 11) is 0. The molecule has 33 heavy (non-hydrogen) atoms. The first-order chi connectivity index (χ1) is 16.2. The van der Waals surface area contributed by atoms with Gasteiger partial charge in [-0.2, -0.15) is 15.4 Å². The molecule has 0 radical (unpaired) electrons. The van der Waals surface area contributed by atoms with Gasteiger partial charge in [0.25, 0.3) is 11.7 Å². The van der Waals surface area contributed by atoms with Crippen molar-refractivity contribution < 1.29 is 4.79 Å². The van der Waals surface area contributed by atoms with Crippen molar-refractivity contribution in [1.82, 2.24) is 20.0 Å². The van der Waals surface area contributed by atoms with Gasteiger partial charge in [0.05, 0.1) is 6.04 Å². The molecule has 2 heterocycles. The number of nitrogens with zero attached hydrogens (tertiary/aromatic N) is 4. The van der Waals surface area contributed by atoms with Crippen molar-refractivity contribution in [2.24, 2.45) is 4.99 Å². The molecule has 7 nitrogen and oxygen atoms in total. The maximum atomic E-state index is 13.2. The van der Waals surface area contributed by atoms with Crippen molar-refractivity contribution in [3.8, 4) is 0 Å². The Balaban J connectivity index is 1.52. The van der Waals surface area contributed by atoms with Gasteiger partial charge in [0, 0.05) is 23.9 Å². The van der Waals surface area contributed by atoms with Gasteiger partial charge in [0.1, 0.15) is 5.69 Å². The Morgan fingerprint density at radius 1 is 0.879 bits per heavy atom. The molecule has 0 spiro atoms. The van der Waals surface area contributed by atoms with Crippen LogP contribution in [0.1, 0.15) is 28.9 Å². The van der Waals surface area contributed by atoms with Gasteiger partial charge in [-0.3, -0.25) is 4.79 Å². The lowest BCUT2D eigenvalue weighted by Gasteiger charge is -2.28. The van der Waals surface area contributed by atoms with Gasteiger partial charge in [0.15, 0.2) is 5.69 Å². The number of fused-ring (bicyclic) bond motifs is 1. The maximum Gasteiger partial charge on any atom is 0.297 e. The van der Waals surface area contributed by atoms with E-state index in [2.05, 4.69) is 39.8 Å². The molecule has 1 aliphatic rings. The summed E-state index contributed by atoms with van der Waals surface area (Å²) in [6, 6.07) is 28.7. The number of aliphatic imine (C=N–C) groups is 1. The molecule has 1 aliphatic heterocycles. The van der Waals surface area contributed by atoms with Crippen LogP contribution >= 0.6 is 0 Å². The van der Waals surface area contributed by atoms with E-state index in [4.69, 9.17) is 4.98 Å². The molecule has 0 bridgehead atoms. The van der Waals surface area contributed by atoms with Crippen LogP contribution in [0.15, 0.2) is 102 Å². The number of benzene rings is 3. The molecular weight excluding hydrogens is 412 g/mol. The molecule has 1 aromatic heterocycles. The predicted octanol–water partition coefficient (Wildman–Crippen LogP) is 5.31. The Hall–Kier alpha value is -4.36. The lowest BCUT2D eigenvalue weighted by Crippen LogP contribution is -2.56. The number of amides is 1. The summed E-state index contributed by atoms with van der Waals surface area (Å²) in [4.78, 5) is 26.9. The van der Waals surface area contributed by atoms with Crippen LogP contribution in [-0.4, -0.2) is 22.2 Å². The third-order valence-electron chi connectivity index (χ3n) is 5.59. The second-order valence-corrected chi connectivity index (χ2v) is 7.78. The number of carbonyl (C=O) groups excluding carboxylic acids is 1. The van der Waals surface area contributed by atoms with Crippen LogP contribution in [0.2, 0.25) is 0 Å². The van der Waals surface area contributed by atoms with Crippen LogP contribution in [0.4, 0.5) is 23.1 Å². The second-order valence-electron chi connectivity index (χ2n) is 7.78. The highest BCUT2D eigenvalue weighted by Gasteiger charge is 2.43. The molecule has 7 heteroatoms. The average Bonchev–Trinajstić information content (AvgIpc) is 3.25. The van der Waals surface area contributed by atoms with Crippen LogP contribution in [0.3, 0.4) is 0 Å². The molecule has 162 valence electrons. The molecule has 5 rings (SSSR count). The Bertz CT molecular complexity index is 1310. The monoisotopic (exact) mass is 435 g/mol. The van der Waals surface area contributed by atoms with Gasteiger partial charge in [-0.15, -0.1) is 0 Å². The number of hydrogen-bond acceptors (Lipinski definition) is 5. The van der Waals surface area contributed by atoms with Crippen molar-refractivity contribution in [3.63, 3.8) is 0 Å². The Kier molecular flexibility index (Phi) is 5.38. The molecule has 2 atom stereocenters. The maximum absolute atomic E-state index is 13.2. The number of rotatable bonds is 6. The van der Waals surface area contributed by atoms with Crippen LogP contribution in [0.25, 0.3) is 0 Å². The van der Waals surface area contributed by atoms with E-state index in [0.717, 1.165) is 16.9 Å². The molecular formula is C26H23N6O+. The Morgan fingerprint density at radius 3 is 2.36 bits per heavy atom. The van der Waals surface area contributed by atoms with E-state index in [1.54, 1.807) is 30.7 Å². The molecule has 1 amide bonds. The molecule has 0 aliphatic carbocycles. The molecule has 4 aromatic rings. The minimum absolute atomic E-state index is 0.00772. The van der Waals surface area contributed by atoms with Crippen molar-refractivity contribution in [2.75, 3.05) is 5.32 Å². The summed E-state index contributed by atoms with van der Waals surface area (Å²) in [5.41, 5.74) is 6.39. The SMILES string of the molecule is CC(Nc1nccc([N+]2(NC(=O)c3ccccc3)C=Nc3ccccc32)n1)c1ccccc1. The fraction of sp³-hybridized carbons (Fsp3) is 0.0769. The number of anilines is 1. The third kappa shape index (κ3) is 3.97. The van der Waals surface area contributed by atoms with Crippen LogP contribution < -0.4 is 15.3 Å². The lowest BCUT2D eigenvalue weighted by molar-refractivity contribution is 0.0904. The van der Waals surface area contributed by atoms with Crippen molar-refractivity contribution in [3.05, 3.63) is 108 Å². The van der Waals surface area contributed by atoms with E-state index >= 15 is 0 Å². The summed E-state index contributed by atoms with van der Waals surface area (Å²) in [6.45, 7) is 2.06. The highest BCUT2D eigenvalue weighted by molar-refractivity contribution is 6.01. The minimum atomic E-state index is -0.232. The quantitative estimate of drug-likeness (QED) is 0.403. The molecule has 0 saturated heterocycles. The fourth-order valence-corrected chi connectivity index (χ4v) is 3.86. The number of nitrogens with one attached hydrogen (secondary N) is 2. The van der Waals surface area contributed by atoms with E-state index in [1.807, 2.05) is 60.7 Å².